The van der Waals surface area contributed by atoms with Gasteiger partial charge in [0.25, 0.3) is 0 Å². The van der Waals surface area contributed by atoms with Gasteiger partial charge in [0.15, 0.2) is 0 Å². The summed E-state index contributed by atoms with van der Waals surface area (Å²) in [6.07, 6.45) is 3.00. The minimum absolute atomic E-state index is 0.522. The molecule has 2 aromatic carbocycles. The SMILES string of the molecule is [O-]N1C=C2C(=CN([O-])C2c2ccc(Cl)cc2)C1c1ccc(Cl)cc1. The molecular weight excluding hydrogens is 347 g/mol. The molecular formula is C18H12Cl2N2O2-2. The molecule has 0 radical (unpaired) electrons. The van der Waals surface area contributed by atoms with Gasteiger partial charge in [0.1, 0.15) is 0 Å². The van der Waals surface area contributed by atoms with Crippen LogP contribution in [0.3, 0.4) is 0 Å². The maximum absolute atomic E-state index is 12.4. The van der Waals surface area contributed by atoms with Crippen molar-refractivity contribution in [3.63, 3.8) is 0 Å². The molecule has 2 unspecified atom stereocenters. The molecule has 2 atom stereocenters. The minimum Gasteiger partial charge on any atom is -0.758 e. The number of rotatable bonds is 2. The van der Waals surface area contributed by atoms with Crippen LogP contribution in [0.15, 0.2) is 72.1 Å². The highest BCUT2D eigenvalue weighted by atomic mass is 35.5. The van der Waals surface area contributed by atoms with Crippen LogP contribution < -0.4 is 0 Å². The maximum atomic E-state index is 12.4. The molecule has 4 nitrogen and oxygen atoms in total. The number of hydrogen-bond acceptors (Lipinski definition) is 4. The monoisotopic (exact) mass is 358 g/mol. The Morgan fingerprint density at radius 1 is 0.625 bits per heavy atom. The highest BCUT2D eigenvalue weighted by molar-refractivity contribution is 6.30. The number of hydrogen-bond donors (Lipinski definition) is 0. The Morgan fingerprint density at radius 2 is 0.958 bits per heavy atom. The third-order valence-electron chi connectivity index (χ3n) is 4.34. The molecule has 0 amide bonds. The van der Waals surface area contributed by atoms with Gasteiger partial charge >= 0.3 is 0 Å². The zero-order valence-corrected chi connectivity index (χ0v) is 13.9. The summed E-state index contributed by atoms with van der Waals surface area (Å²) in [6, 6.07) is 13.1. The molecule has 122 valence electrons. The van der Waals surface area contributed by atoms with Crippen LogP contribution in [0.1, 0.15) is 23.2 Å². The van der Waals surface area contributed by atoms with Crippen LogP contribution in [0.5, 0.6) is 0 Å². The average Bonchev–Trinajstić information content (AvgIpc) is 3.02. The van der Waals surface area contributed by atoms with Crippen molar-refractivity contribution in [2.75, 3.05) is 0 Å². The Hall–Kier alpha value is -1.98. The molecule has 24 heavy (non-hydrogen) atoms. The Kier molecular flexibility index (Phi) is 3.77. The van der Waals surface area contributed by atoms with Gasteiger partial charge in [-0.1, -0.05) is 47.5 Å². The molecule has 2 aromatic rings. The molecule has 2 heterocycles. The van der Waals surface area contributed by atoms with Gasteiger partial charge in [-0.05, 0) is 47.8 Å². The standard InChI is InChI=1S/C18H12Cl2N2O2/c19-13-5-1-11(2-6-13)17-15-9-22(24)18(16(15)10-21(17)23)12-3-7-14(20)8-4-12/h1-10,17-18H/q-2. The van der Waals surface area contributed by atoms with Crippen LogP contribution in [0.4, 0.5) is 0 Å². The van der Waals surface area contributed by atoms with Gasteiger partial charge in [0.05, 0.1) is 12.1 Å². The van der Waals surface area contributed by atoms with E-state index in [1.54, 1.807) is 48.5 Å². The summed E-state index contributed by atoms with van der Waals surface area (Å²) in [5, 5.41) is 27.9. The van der Waals surface area contributed by atoms with E-state index in [0.29, 0.717) is 10.0 Å². The lowest BCUT2D eigenvalue weighted by Gasteiger charge is -2.34. The van der Waals surface area contributed by atoms with Crippen LogP contribution >= 0.6 is 23.2 Å². The van der Waals surface area contributed by atoms with Crippen molar-refractivity contribution in [2.24, 2.45) is 0 Å². The molecule has 0 aliphatic carbocycles. The van der Waals surface area contributed by atoms with Crippen molar-refractivity contribution in [3.8, 4) is 0 Å². The van der Waals surface area contributed by atoms with Gasteiger partial charge in [-0.2, -0.15) is 0 Å². The van der Waals surface area contributed by atoms with Crippen molar-refractivity contribution in [2.45, 2.75) is 12.1 Å². The zero-order chi connectivity index (χ0) is 16.8. The second-order valence-electron chi connectivity index (χ2n) is 5.80. The summed E-state index contributed by atoms with van der Waals surface area (Å²) in [5.74, 6) is 0. The third-order valence-corrected chi connectivity index (χ3v) is 4.84. The highest BCUT2D eigenvalue weighted by Gasteiger charge is 2.36. The van der Waals surface area contributed by atoms with Gasteiger partial charge < -0.3 is 20.5 Å². The summed E-state index contributed by atoms with van der Waals surface area (Å²) in [6.45, 7) is 0. The lowest BCUT2D eigenvalue weighted by Crippen LogP contribution is -2.15. The van der Waals surface area contributed by atoms with Crippen LogP contribution in [0.25, 0.3) is 0 Å². The van der Waals surface area contributed by atoms with E-state index in [-0.39, 0.29) is 0 Å². The second kappa shape index (κ2) is 5.83. The van der Waals surface area contributed by atoms with E-state index in [2.05, 4.69) is 0 Å². The first-order valence-electron chi connectivity index (χ1n) is 7.40. The van der Waals surface area contributed by atoms with E-state index in [4.69, 9.17) is 23.2 Å². The molecule has 2 aliphatic rings. The second-order valence-corrected chi connectivity index (χ2v) is 6.67. The highest BCUT2D eigenvalue weighted by Crippen LogP contribution is 2.50. The van der Waals surface area contributed by atoms with Gasteiger partial charge in [0.2, 0.25) is 0 Å². The molecule has 2 aliphatic heterocycles. The van der Waals surface area contributed by atoms with E-state index in [0.717, 1.165) is 32.4 Å². The number of fused-ring (bicyclic) bond motifs is 1. The van der Waals surface area contributed by atoms with Crippen LogP contribution in [0, 0.1) is 10.4 Å². The van der Waals surface area contributed by atoms with E-state index >= 15 is 0 Å². The first kappa shape index (κ1) is 15.5. The first-order chi connectivity index (χ1) is 11.5. The molecule has 0 saturated heterocycles. The Balaban J connectivity index is 1.70. The molecule has 0 saturated carbocycles. The molecule has 0 spiro atoms. The predicted molar refractivity (Wildman–Crippen MR) is 95.0 cm³/mol. The van der Waals surface area contributed by atoms with Gasteiger partial charge in [-0.15, -0.1) is 0 Å². The average molecular weight is 359 g/mol. The van der Waals surface area contributed by atoms with Crippen LogP contribution in [-0.2, 0) is 0 Å². The zero-order valence-electron chi connectivity index (χ0n) is 12.4. The molecule has 0 fully saturated rings. The van der Waals surface area contributed by atoms with E-state index in [1.807, 2.05) is 0 Å². The molecule has 4 rings (SSSR count). The fourth-order valence-electron chi connectivity index (χ4n) is 3.25. The lowest BCUT2D eigenvalue weighted by atomic mass is 9.93. The summed E-state index contributed by atoms with van der Waals surface area (Å²) < 4.78 is 0. The Labute approximate surface area is 149 Å². The van der Waals surface area contributed by atoms with Crippen molar-refractivity contribution in [1.29, 1.82) is 0 Å². The van der Waals surface area contributed by atoms with Gasteiger partial charge in [0, 0.05) is 21.2 Å². The van der Waals surface area contributed by atoms with Crippen molar-refractivity contribution in [3.05, 3.63) is 104 Å². The minimum atomic E-state index is -0.522. The van der Waals surface area contributed by atoms with Gasteiger partial charge in [-0.25, -0.2) is 0 Å². The topological polar surface area (TPSA) is 52.6 Å². The summed E-state index contributed by atoms with van der Waals surface area (Å²) in [7, 11) is 0. The van der Waals surface area contributed by atoms with Crippen molar-refractivity contribution in [1.82, 2.24) is 10.1 Å². The predicted octanol–water partition coefficient (Wildman–Crippen LogP) is 5.17. The summed E-state index contributed by atoms with van der Waals surface area (Å²) >= 11 is 11.8. The number of nitrogens with zero attached hydrogens (tertiary/aromatic N) is 2. The number of hydroxylamine groups is 4. The normalized spacial score (nSPS) is 22.5. The van der Waals surface area contributed by atoms with Crippen molar-refractivity contribution < 1.29 is 0 Å². The van der Waals surface area contributed by atoms with E-state index in [9.17, 15) is 10.4 Å². The maximum Gasteiger partial charge on any atom is 0.0704 e. The molecule has 0 N–H and O–H groups in total. The fraction of sp³-hybridized carbons (Fsp3) is 0.111. The van der Waals surface area contributed by atoms with E-state index in [1.165, 1.54) is 12.4 Å². The van der Waals surface area contributed by atoms with Crippen LogP contribution in [-0.4, -0.2) is 10.1 Å². The van der Waals surface area contributed by atoms with Gasteiger partial charge in [-0.3, -0.25) is 0 Å². The third kappa shape index (κ3) is 2.48. The Morgan fingerprint density at radius 3 is 1.29 bits per heavy atom. The molecule has 0 bridgehead atoms. The summed E-state index contributed by atoms with van der Waals surface area (Å²) in [4.78, 5) is 0. The quantitative estimate of drug-likeness (QED) is 0.742. The van der Waals surface area contributed by atoms with Crippen LogP contribution in [0.2, 0.25) is 10.0 Å². The van der Waals surface area contributed by atoms with Crippen molar-refractivity contribution >= 4 is 23.2 Å². The lowest BCUT2D eigenvalue weighted by molar-refractivity contribution is 0.425. The smallest absolute Gasteiger partial charge is 0.0704 e. The summed E-state index contributed by atoms with van der Waals surface area (Å²) in [5.41, 5.74) is 3.05. The number of halogens is 2. The van der Waals surface area contributed by atoms with E-state index < -0.39 is 12.1 Å². The first-order valence-corrected chi connectivity index (χ1v) is 8.16. The fourth-order valence-corrected chi connectivity index (χ4v) is 3.50. The number of benzene rings is 2. The molecule has 0 aromatic heterocycles. The largest absolute Gasteiger partial charge is 0.758 e. The Bertz CT molecular complexity index is 760. The molecule has 6 heteroatoms.